The van der Waals surface area contributed by atoms with Crippen LogP contribution >= 0.6 is 0 Å². The number of nitrogens with two attached hydrogens (primary N) is 2. The van der Waals surface area contributed by atoms with Gasteiger partial charge in [0, 0.05) is 23.4 Å². The zero-order chi connectivity index (χ0) is 24.0. The minimum Gasteiger partial charge on any atom is -0.384 e. The van der Waals surface area contributed by atoms with Gasteiger partial charge in [0.2, 0.25) is 10.0 Å². The van der Waals surface area contributed by atoms with Crippen LogP contribution in [0.4, 0.5) is 16.2 Å². The highest BCUT2D eigenvalue weighted by molar-refractivity contribution is 7.89. The molecule has 0 unspecified atom stereocenters. The molecule has 0 radical (unpaired) electrons. The number of hydrogen-bond acceptors (Lipinski definition) is 5. The number of urea groups is 1. The Labute approximate surface area is 192 Å². The molecule has 9 nitrogen and oxygen atoms in total. The summed E-state index contributed by atoms with van der Waals surface area (Å²) in [7, 11) is -3.87. The summed E-state index contributed by atoms with van der Waals surface area (Å²) in [4.78, 5) is 12.9. The first-order valence-electron chi connectivity index (χ1n) is 10.2. The van der Waals surface area contributed by atoms with E-state index in [4.69, 9.17) is 16.3 Å². The quantitative estimate of drug-likeness (QED) is 0.195. The molecule has 0 saturated heterocycles. The first-order valence-corrected chi connectivity index (χ1v) is 11.8. The maximum absolute atomic E-state index is 12.9. The molecule has 0 heterocycles. The molecule has 3 aromatic carbocycles. The van der Waals surface area contributed by atoms with Gasteiger partial charge in [-0.1, -0.05) is 49.4 Å². The van der Waals surface area contributed by atoms with Gasteiger partial charge in [0.15, 0.2) is 0 Å². The van der Waals surface area contributed by atoms with Crippen LogP contribution in [-0.4, -0.2) is 31.8 Å². The van der Waals surface area contributed by atoms with Crippen molar-refractivity contribution in [2.24, 2.45) is 10.9 Å². The fraction of sp³-hybridized carbons (Fsp3) is 0.130. The Bertz CT molecular complexity index is 1260. The molecule has 0 atom stereocenters. The molecule has 3 rings (SSSR count). The van der Waals surface area contributed by atoms with Crippen LogP contribution in [0, 0.1) is 5.41 Å². The van der Waals surface area contributed by atoms with Crippen molar-refractivity contribution >= 4 is 33.3 Å². The Morgan fingerprint density at radius 3 is 2.33 bits per heavy atom. The number of nitrogens with one attached hydrogen (secondary N) is 3. The summed E-state index contributed by atoms with van der Waals surface area (Å²) in [5.41, 5.74) is 11.4. The predicted octanol–water partition coefficient (Wildman–Crippen LogP) is 3.56. The van der Waals surface area contributed by atoms with Crippen LogP contribution in [0.3, 0.4) is 0 Å². The van der Waals surface area contributed by atoms with Crippen molar-refractivity contribution in [2.75, 3.05) is 17.3 Å². The van der Waals surface area contributed by atoms with E-state index < -0.39 is 10.0 Å². The van der Waals surface area contributed by atoms with Gasteiger partial charge < -0.3 is 11.1 Å². The van der Waals surface area contributed by atoms with Crippen LogP contribution in [0.5, 0.6) is 0 Å². The van der Waals surface area contributed by atoms with E-state index in [2.05, 4.69) is 10.7 Å². The maximum Gasteiger partial charge on any atom is 0.340 e. The minimum absolute atomic E-state index is 0.0351. The number of hydrazine groups is 1. The van der Waals surface area contributed by atoms with Crippen LogP contribution in [-0.2, 0) is 10.0 Å². The van der Waals surface area contributed by atoms with E-state index in [1.165, 1.54) is 11.1 Å². The third-order valence-electron chi connectivity index (χ3n) is 4.77. The van der Waals surface area contributed by atoms with Gasteiger partial charge in [-0.3, -0.25) is 10.8 Å². The van der Waals surface area contributed by atoms with E-state index in [0.717, 1.165) is 6.42 Å². The van der Waals surface area contributed by atoms with E-state index in [-0.39, 0.29) is 16.8 Å². The van der Waals surface area contributed by atoms with Crippen molar-refractivity contribution in [1.29, 1.82) is 5.41 Å². The second-order valence-electron chi connectivity index (χ2n) is 7.31. The molecular formula is C23H26N6O3S. The van der Waals surface area contributed by atoms with Crippen molar-refractivity contribution < 1.29 is 13.2 Å². The summed E-state index contributed by atoms with van der Waals surface area (Å²) in [6.07, 6.45) is 0.718. The predicted molar refractivity (Wildman–Crippen MR) is 130 cm³/mol. The Kier molecular flexibility index (Phi) is 7.31. The summed E-state index contributed by atoms with van der Waals surface area (Å²) in [5.74, 6) is -0.0609. The molecule has 33 heavy (non-hydrogen) atoms. The Morgan fingerprint density at radius 1 is 1.00 bits per heavy atom. The standard InChI is InChI=1S/C23H26N6O3S/c1-2-14-29(28-19-7-5-6-17(15-19)22(24)25)23(30)27-18-12-10-16(11-13-18)20-8-3-4-9-21(20)33(26,31)32/h3-13,15,28H,2,14H2,1H3,(H3,24,25)(H,27,30)(H2,26,31,32). The zero-order valence-electron chi connectivity index (χ0n) is 18.1. The molecule has 0 saturated carbocycles. The smallest absolute Gasteiger partial charge is 0.340 e. The summed E-state index contributed by atoms with van der Waals surface area (Å²) < 4.78 is 23.7. The Balaban J connectivity index is 1.76. The largest absolute Gasteiger partial charge is 0.384 e. The molecule has 0 aliphatic rings. The number of hydrogen-bond donors (Lipinski definition) is 5. The van der Waals surface area contributed by atoms with E-state index in [0.29, 0.717) is 34.6 Å². The number of primary sulfonamides is 1. The average molecular weight is 467 g/mol. The monoisotopic (exact) mass is 466 g/mol. The van der Waals surface area contributed by atoms with Crippen LogP contribution in [0.2, 0.25) is 0 Å². The molecule has 0 bridgehead atoms. The Morgan fingerprint density at radius 2 is 1.70 bits per heavy atom. The third-order valence-corrected chi connectivity index (χ3v) is 5.74. The van der Waals surface area contributed by atoms with Crippen molar-refractivity contribution in [3.8, 4) is 11.1 Å². The van der Waals surface area contributed by atoms with Gasteiger partial charge in [-0.15, -0.1) is 0 Å². The second kappa shape index (κ2) is 10.2. The number of carbonyl (C=O) groups is 1. The van der Waals surface area contributed by atoms with Crippen LogP contribution in [0.1, 0.15) is 18.9 Å². The van der Waals surface area contributed by atoms with Gasteiger partial charge in [-0.25, -0.2) is 23.4 Å². The molecular weight excluding hydrogens is 440 g/mol. The molecule has 0 aliphatic heterocycles. The van der Waals surface area contributed by atoms with E-state index in [1.54, 1.807) is 66.7 Å². The van der Waals surface area contributed by atoms with Crippen LogP contribution < -0.4 is 21.6 Å². The maximum atomic E-state index is 12.9. The molecule has 0 aromatic heterocycles. The Hall–Kier alpha value is -3.89. The highest BCUT2D eigenvalue weighted by Gasteiger charge is 2.16. The van der Waals surface area contributed by atoms with Gasteiger partial charge >= 0.3 is 6.03 Å². The highest BCUT2D eigenvalue weighted by atomic mass is 32.2. The van der Waals surface area contributed by atoms with Gasteiger partial charge in [0.25, 0.3) is 0 Å². The number of rotatable bonds is 8. The lowest BCUT2D eigenvalue weighted by Gasteiger charge is -2.24. The summed E-state index contributed by atoms with van der Waals surface area (Å²) >= 11 is 0. The number of amidine groups is 1. The lowest BCUT2D eigenvalue weighted by molar-refractivity contribution is 0.222. The molecule has 172 valence electrons. The average Bonchev–Trinajstić information content (AvgIpc) is 2.79. The van der Waals surface area contributed by atoms with Gasteiger partial charge in [0.05, 0.1) is 10.6 Å². The molecule has 0 fully saturated rings. The van der Waals surface area contributed by atoms with Crippen LogP contribution in [0.25, 0.3) is 11.1 Å². The number of carbonyl (C=O) groups excluding carboxylic acids is 1. The lowest BCUT2D eigenvalue weighted by atomic mass is 10.1. The molecule has 10 heteroatoms. The number of sulfonamides is 1. The summed E-state index contributed by atoms with van der Waals surface area (Å²) in [6, 6.07) is 19.8. The fourth-order valence-corrected chi connectivity index (χ4v) is 3.98. The van der Waals surface area contributed by atoms with Crippen molar-refractivity contribution in [2.45, 2.75) is 18.2 Å². The van der Waals surface area contributed by atoms with E-state index >= 15 is 0 Å². The van der Waals surface area contributed by atoms with E-state index in [1.807, 2.05) is 6.92 Å². The number of nitrogens with zero attached hydrogens (tertiary/aromatic N) is 1. The van der Waals surface area contributed by atoms with Crippen molar-refractivity contribution in [3.63, 3.8) is 0 Å². The van der Waals surface area contributed by atoms with E-state index in [9.17, 15) is 13.2 Å². The summed E-state index contributed by atoms with van der Waals surface area (Å²) in [6.45, 7) is 2.39. The third kappa shape index (κ3) is 6.09. The number of anilines is 2. The zero-order valence-corrected chi connectivity index (χ0v) is 18.9. The number of nitrogen functional groups attached to an aromatic ring is 1. The van der Waals surface area contributed by atoms with Crippen molar-refractivity contribution in [1.82, 2.24) is 5.01 Å². The normalized spacial score (nSPS) is 11.0. The van der Waals surface area contributed by atoms with Gasteiger partial charge in [-0.05, 0) is 42.3 Å². The fourth-order valence-electron chi connectivity index (χ4n) is 3.22. The topological polar surface area (TPSA) is 154 Å². The van der Waals surface area contributed by atoms with Crippen LogP contribution in [0.15, 0.2) is 77.7 Å². The number of amides is 2. The first kappa shape index (κ1) is 23.8. The molecule has 2 amide bonds. The lowest BCUT2D eigenvalue weighted by Crippen LogP contribution is -2.40. The second-order valence-corrected chi connectivity index (χ2v) is 8.84. The first-order chi connectivity index (χ1) is 15.7. The van der Waals surface area contributed by atoms with Gasteiger partial charge in [-0.2, -0.15) is 0 Å². The van der Waals surface area contributed by atoms with Gasteiger partial charge in [0.1, 0.15) is 5.84 Å². The number of benzene rings is 3. The molecule has 3 aromatic rings. The summed E-state index contributed by atoms with van der Waals surface area (Å²) in [5, 5.41) is 17.2. The molecule has 0 spiro atoms. The minimum atomic E-state index is -3.87. The molecule has 0 aliphatic carbocycles. The SMILES string of the molecule is CCCN(Nc1cccc(C(=N)N)c1)C(=O)Nc1ccc(-c2ccccc2S(N)(=O)=O)cc1. The highest BCUT2D eigenvalue weighted by Crippen LogP contribution is 2.27. The van der Waals surface area contributed by atoms with Crippen molar-refractivity contribution in [3.05, 3.63) is 78.4 Å². The molecule has 7 N–H and O–H groups in total.